The minimum atomic E-state index is -0.148. The number of hydrogen-bond donors (Lipinski definition) is 0. The third kappa shape index (κ3) is 4.47. The van der Waals surface area contributed by atoms with Crippen LogP contribution in [-0.2, 0) is 4.74 Å². The van der Waals surface area contributed by atoms with Gasteiger partial charge in [0.2, 0.25) is 0 Å². The van der Waals surface area contributed by atoms with Crippen molar-refractivity contribution < 1.29 is 9.47 Å². The quantitative estimate of drug-likeness (QED) is 0.553. The molecule has 0 aromatic heterocycles. The summed E-state index contributed by atoms with van der Waals surface area (Å²) < 4.78 is 11.2. The fourth-order valence-corrected chi connectivity index (χ4v) is 1.78. The summed E-state index contributed by atoms with van der Waals surface area (Å²) >= 11 is 0. The highest BCUT2D eigenvalue weighted by Crippen LogP contribution is 2.29. The van der Waals surface area contributed by atoms with Gasteiger partial charge in [-0.05, 0) is 37.6 Å². The molecule has 1 aromatic carbocycles. The van der Waals surface area contributed by atoms with E-state index in [0.29, 0.717) is 0 Å². The van der Waals surface area contributed by atoms with Crippen LogP contribution in [0.1, 0.15) is 26.3 Å². The van der Waals surface area contributed by atoms with E-state index in [0.717, 1.165) is 11.3 Å². The first kappa shape index (κ1) is 15.4. The van der Waals surface area contributed by atoms with Crippen LogP contribution in [0.15, 0.2) is 48.8 Å². The SMILES string of the molecule is CC=C[C@H](Oc1ccccc1C)C(C)(C)C=COC. The van der Waals surface area contributed by atoms with Crippen molar-refractivity contribution in [3.63, 3.8) is 0 Å². The van der Waals surface area contributed by atoms with Gasteiger partial charge >= 0.3 is 0 Å². The van der Waals surface area contributed by atoms with E-state index in [-0.39, 0.29) is 11.5 Å². The summed E-state index contributed by atoms with van der Waals surface area (Å²) in [6, 6.07) is 8.07. The molecule has 0 spiro atoms. The predicted molar refractivity (Wildman–Crippen MR) is 80.3 cm³/mol. The summed E-state index contributed by atoms with van der Waals surface area (Å²) in [5.41, 5.74) is 0.994. The average Bonchev–Trinajstić information content (AvgIpc) is 2.38. The number of hydrogen-bond acceptors (Lipinski definition) is 2. The Morgan fingerprint density at radius 2 is 1.89 bits per heavy atom. The Morgan fingerprint density at radius 1 is 1.21 bits per heavy atom. The summed E-state index contributed by atoms with van der Waals surface area (Å²) in [6.07, 6.45) is 7.79. The molecule has 0 saturated carbocycles. The second-order valence-electron chi connectivity index (χ2n) is 5.19. The summed E-state index contributed by atoms with van der Waals surface area (Å²) in [4.78, 5) is 0. The standard InChI is InChI=1S/C17H24O2/c1-6-9-16(17(3,4)12-13-18-5)19-15-11-8-7-10-14(15)2/h6-13,16H,1-5H3/t16-/m0/s1. The van der Waals surface area contributed by atoms with Gasteiger partial charge in [-0.1, -0.05) is 38.1 Å². The molecule has 0 unspecified atom stereocenters. The van der Waals surface area contributed by atoms with Crippen LogP contribution in [0.4, 0.5) is 0 Å². The van der Waals surface area contributed by atoms with Gasteiger partial charge in [0.1, 0.15) is 11.9 Å². The maximum absolute atomic E-state index is 6.15. The van der Waals surface area contributed by atoms with E-state index in [1.54, 1.807) is 13.4 Å². The Labute approximate surface area is 116 Å². The number of benzene rings is 1. The summed E-state index contributed by atoms with van der Waals surface area (Å²) in [5.74, 6) is 0.921. The molecule has 2 nitrogen and oxygen atoms in total. The fraction of sp³-hybridized carbons (Fsp3) is 0.412. The minimum Gasteiger partial charge on any atom is -0.505 e. The molecular formula is C17H24O2. The minimum absolute atomic E-state index is 0.0370. The maximum atomic E-state index is 6.15. The van der Waals surface area contributed by atoms with E-state index in [1.165, 1.54) is 0 Å². The summed E-state index contributed by atoms with van der Waals surface area (Å²) in [5, 5.41) is 0. The van der Waals surface area contributed by atoms with Crippen LogP contribution in [0, 0.1) is 12.3 Å². The van der Waals surface area contributed by atoms with Gasteiger partial charge in [0.05, 0.1) is 13.4 Å². The summed E-state index contributed by atoms with van der Waals surface area (Å²) in [6.45, 7) is 8.32. The third-order valence-electron chi connectivity index (χ3n) is 3.08. The lowest BCUT2D eigenvalue weighted by Gasteiger charge is -2.30. The first-order valence-corrected chi connectivity index (χ1v) is 6.57. The molecule has 0 aliphatic carbocycles. The molecule has 0 N–H and O–H groups in total. The smallest absolute Gasteiger partial charge is 0.125 e. The van der Waals surface area contributed by atoms with Gasteiger partial charge in [-0.2, -0.15) is 0 Å². The van der Waals surface area contributed by atoms with Crippen LogP contribution in [0.3, 0.4) is 0 Å². The highest BCUT2D eigenvalue weighted by atomic mass is 16.5. The largest absolute Gasteiger partial charge is 0.505 e. The zero-order valence-corrected chi connectivity index (χ0v) is 12.5. The lowest BCUT2D eigenvalue weighted by atomic mass is 9.86. The molecule has 0 aliphatic heterocycles. The second kappa shape index (κ2) is 7.03. The molecule has 2 heteroatoms. The molecule has 1 atom stereocenters. The van der Waals surface area contributed by atoms with Crippen molar-refractivity contribution in [1.82, 2.24) is 0 Å². The van der Waals surface area contributed by atoms with Crippen molar-refractivity contribution in [2.75, 3.05) is 7.11 Å². The second-order valence-corrected chi connectivity index (χ2v) is 5.19. The molecule has 0 aliphatic rings. The molecule has 0 amide bonds. The number of ether oxygens (including phenoxy) is 2. The number of aryl methyl sites for hydroxylation is 1. The van der Waals surface area contributed by atoms with E-state index in [2.05, 4.69) is 32.9 Å². The lowest BCUT2D eigenvalue weighted by Crippen LogP contribution is -2.31. The van der Waals surface area contributed by atoms with E-state index in [9.17, 15) is 0 Å². The van der Waals surface area contributed by atoms with Crippen molar-refractivity contribution in [3.8, 4) is 5.75 Å². The predicted octanol–water partition coefficient (Wildman–Crippen LogP) is 4.50. The zero-order chi connectivity index (χ0) is 14.3. The van der Waals surface area contributed by atoms with Crippen LogP contribution >= 0.6 is 0 Å². The number of para-hydroxylation sites is 1. The van der Waals surface area contributed by atoms with Gasteiger partial charge < -0.3 is 9.47 Å². The van der Waals surface area contributed by atoms with Crippen LogP contribution in [0.2, 0.25) is 0 Å². The Balaban J connectivity index is 2.96. The molecule has 19 heavy (non-hydrogen) atoms. The van der Waals surface area contributed by atoms with Crippen molar-refractivity contribution in [2.24, 2.45) is 5.41 Å². The van der Waals surface area contributed by atoms with Gasteiger partial charge in [0, 0.05) is 5.41 Å². The zero-order valence-electron chi connectivity index (χ0n) is 12.5. The van der Waals surface area contributed by atoms with Gasteiger partial charge in [-0.3, -0.25) is 0 Å². The first-order chi connectivity index (χ1) is 9.01. The van der Waals surface area contributed by atoms with Gasteiger partial charge in [-0.15, -0.1) is 0 Å². The lowest BCUT2D eigenvalue weighted by molar-refractivity contribution is 0.146. The van der Waals surface area contributed by atoms with Gasteiger partial charge in [-0.25, -0.2) is 0 Å². The molecule has 0 heterocycles. The van der Waals surface area contributed by atoms with Crippen molar-refractivity contribution in [2.45, 2.75) is 33.8 Å². The average molecular weight is 260 g/mol. The monoisotopic (exact) mass is 260 g/mol. The normalized spacial score (nSPS) is 13.9. The van der Waals surface area contributed by atoms with Crippen LogP contribution < -0.4 is 4.74 Å². The third-order valence-corrected chi connectivity index (χ3v) is 3.08. The fourth-order valence-electron chi connectivity index (χ4n) is 1.78. The maximum Gasteiger partial charge on any atom is 0.125 e. The molecule has 0 fully saturated rings. The van der Waals surface area contributed by atoms with E-state index < -0.39 is 0 Å². The van der Waals surface area contributed by atoms with Crippen molar-refractivity contribution in [3.05, 3.63) is 54.3 Å². The van der Waals surface area contributed by atoms with Crippen LogP contribution in [-0.4, -0.2) is 13.2 Å². The molecule has 0 saturated heterocycles. The number of rotatable bonds is 6. The van der Waals surface area contributed by atoms with Crippen LogP contribution in [0.25, 0.3) is 0 Å². The van der Waals surface area contributed by atoms with Gasteiger partial charge in [0.25, 0.3) is 0 Å². The highest BCUT2D eigenvalue weighted by Gasteiger charge is 2.27. The molecule has 104 valence electrons. The number of allylic oxidation sites excluding steroid dienone is 1. The first-order valence-electron chi connectivity index (χ1n) is 6.57. The van der Waals surface area contributed by atoms with E-state index >= 15 is 0 Å². The molecule has 1 rings (SSSR count). The summed E-state index contributed by atoms with van der Waals surface area (Å²) in [7, 11) is 1.65. The van der Waals surface area contributed by atoms with Crippen LogP contribution in [0.5, 0.6) is 5.75 Å². The Morgan fingerprint density at radius 3 is 2.47 bits per heavy atom. The molecule has 1 aromatic rings. The highest BCUT2D eigenvalue weighted by molar-refractivity contribution is 5.32. The Hall–Kier alpha value is -1.70. The Bertz CT molecular complexity index is 444. The molecule has 0 radical (unpaired) electrons. The van der Waals surface area contributed by atoms with Crippen molar-refractivity contribution >= 4 is 0 Å². The molecular weight excluding hydrogens is 236 g/mol. The topological polar surface area (TPSA) is 18.5 Å². The number of methoxy groups -OCH3 is 1. The van der Waals surface area contributed by atoms with Crippen molar-refractivity contribution in [1.29, 1.82) is 0 Å². The molecule has 0 bridgehead atoms. The Kier molecular flexibility index (Phi) is 5.68. The van der Waals surface area contributed by atoms with Gasteiger partial charge in [0.15, 0.2) is 0 Å². The van der Waals surface area contributed by atoms with E-state index in [1.807, 2.05) is 37.3 Å². The van der Waals surface area contributed by atoms with E-state index in [4.69, 9.17) is 9.47 Å².